The van der Waals surface area contributed by atoms with Crippen LogP contribution in [0.2, 0.25) is 6.32 Å². The highest BCUT2D eigenvalue weighted by atomic mass is 19.1. The van der Waals surface area contributed by atoms with Crippen LogP contribution in [0.1, 0.15) is 11.6 Å². The third-order valence-electron chi connectivity index (χ3n) is 3.93. The quantitative estimate of drug-likeness (QED) is 0.878. The number of rotatable bonds is 4. The fourth-order valence-electron chi connectivity index (χ4n) is 2.73. The van der Waals surface area contributed by atoms with Crippen LogP contribution in [0.25, 0.3) is 11.3 Å². The summed E-state index contributed by atoms with van der Waals surface area (Å²) in [5, 5.41) is 9.48. The van der Waals surface area contributed by atoms with Gasteiger partial charge in [0.1, 0.15) is 0 Å². The molecule has 1 aromatic heterocycles. The van der Waals surface area contributed by atoms with Gasteiger partial charge in [-0.2, -0.15) is 0 Å². The summed E-state index contributed by atoms with van der Waals surface area (Å²) in [5.74, 6) is -0.124. The van der Waals surface area contributed by atoms with Crippen molar-refractivity contribution in [2.45, 2.75) is 12.2 Å². The Balaban J connectivity index is 1.99. The first-order valence-corrected chi connectivity index (χ1v) is 7.31. The molecule has 0 amide bonds. The second kappa shape index (κ2) is 6.56. The molecule has 1 fully saturated rings. The molecule has 0 spiro atoms. The van der Waals surface area contributed by atoms with Crippen LogP contribution in [-0.2, 0) is 4.65 Å². The summed E-state index contributed by atoms with van der Waals surface area (Å²) >= 11 is 0. The monoisotopic (exact) mass is 317 g/mol. The lowest BCUT2D eigenvalue weighted by atomic mass is 9.81. The molecule has 1 aliphatic heterocycles. The maximum Gasteiger partial charge on any atom is 0.454 e. The Kier molecular flexibility index (Phi) is 4.50. The van der Waals surface area contributed by atoms with Crippen LogP contribution in [0.3, 0.4) is 0 Å². The van der Waals surface area contributed by atoms with Crippen LogP contribution in [0, 0.1) is 5.82 Å². The minimum atomic E-state index is -0.761. The van der Waals surface area contributed by atoms with Gasteiger partial charge in [-0.05, 0) is 30.6 Å². The van der Waals surface area contributed by atoms with Crippen LogP contribution < -0.4 is 9.47 Å². The molecule has 1 atom stereocenters. The topological polar surface area (TPSA) is 60.8 Å². The highest BCUT2D eigenvalue weighted by molar-refractivity contribution is 6.43. The second-order valence-electron chi connectivity index (χ2n) is 5.33. The van der Waals surface area contributed by atoms with Crippen molar-refractivity contribution in [3.63, 3.8) is 0 Å². The van der Waals surface area contributed by atoms with E-state index in [0.29, 0.717) is 29.9 Å². The number of aromatic nitrogens is 1. The number of hydrogen-bond donors (Lipinski definition) is 1. The molecule has 120 valence electrons. The van der Waals surface area contributed by atoms with E-state index in [4.69, 9.17) is 14.1 Å². The molecule has 0 saturated carbocycles. The first-order valence-electron chi connectivity index (χ1n) is 7.31. The third-order valence-corrected chi connectivity index (χ3v) is 3.93. The van der Waals surface area contributed by atoms with E-state index < -0.39 is 12.9 Å². The summed E-state index contributed by atoms with van der Waals surface area (Å²) in [5.41, 5.74) is 1.61. The Morgan fingerprint density at radius 1 is 1.26 bits per heavy atom. The van der Waals surface area contributed by atoms with Gasteiger partial charge in [0.15, 0.2) is 17.3 Å². The SMILES string of the molecule is COc1ccc(-c2cccc([C@H]3COB(O)C3)n2)c(F)c1OC. The molecular weight excluding hydrogens is 300 g/mol. The lowest BCUT2D eigenvalue weighted by Gasteiger charge is -2.13. The Morgan fingerprint density at radius 3 is 2.74 bits per heavy atom. The van der Waals surface area contributed by atoms with Crippen LogP contribution in [-0.4, -0.2) is 38.0 Å². The van der Waals surface area contributed by atoms with Crippen LogP contribution in [0.15, 0.2) is 30.3 Å². The average Bonchev–Trinajstić information content (AvgIpc) is 3.01. The van der Waals surface area contributed by atoms with E-state index >= 15 is 0 Å². The van der Waals surface area contributed by atoms with E-state index in [0.717, 1.165) is 5.69 Å². The standard InChI is InChI=1S/C16H17BFNO4/c1-21-14-7-6-11(15(18)16(14)22-2)13-5-3-4-12(19-13)10-8-17(20)23-9-10/h3-7,10,20H,8-9H2,1-2H3/t10-/m1/s1. The molecule has 1 aliphatic rings. The minimum absolute atomic E-state index is 0.00755. The van der Waals surface area contributed by atoms with Gasteiger partial charge in [0.2, 0.25) is 0 Å². The van der Waals surface area contributed by atoms with Gasteiger partial charge in [0, 0.05) is 23.8 Å². The maximum atomic E-state index is 14.7. The van der Waals surface area contributed by atoms with E-state index in [2.05, 4.69) is 4.98 Å². The molecule has 0 unspecified atom stereocenters. The van der Waals surface area contributed by atoms with Gasteiger partial charge in [-0.1, -0.05) is 6.07 Å². The Labute approximate surface area is 134 Å². The number of benzene rings is 1. The predicted molar refractivity (Wildman–Crippen MR) is 84.2 cm³/mol. The summed E-state index contributed by atoms with van der Waals surface area (Å²) in [4.78, 5) is 4.52. The van der Waals surface area contributed by atoms with Crippen molar-refractivity contribution < 1.29 is 23.5 Å². The lowest BCUT2D eigenvalue weighted by molar-refractivity contribution is 0.291. The van der Waals surface area contributed by atoms with Crippen molar-refractivity contribution in [3.05, 3.63) is 41.8 Å². The number of halogens is 1. The molecule has 0 radical (unpaired) electrons. The Hall–Kier alpha value is -2.12. The fraction of sp³-hybridized carbons (Fsp3) is 0.312. The summed E-state index contributed by atoms with van der Waals surface area (Å²) < 4.78 is 30.0. The van der Waals surface area contributed by atoms with Crippen LogP contribution in [0.4, 0.5) is 4.39 Å². The highest BCUT2D eigenvalue weighted by Crippen LogP contribution is 2.36. The zero-order chi connectivity index (χ0) is 16.4. The van der Waals surface area contributed by atoms with Crippen molar-refractivity contribution in [1.82, 2.24) is 4.98 Å². The first kappa shape index (κ1) is 15.8. The van der Waals surface area contributed by atoms with Gasteiger partial charge in [-0.15, -0.1) is 0 Å². The highest BCUT2D eigenvalue weighted by Gasteiger charge is 2.30. The van der Waals surface area contributed by atoms with Gasteiger partial charge < -0.3 is 19.2 Å². The Morgan fingerprint density at radius 2 is 2.09 bits per heavy atom. The number of pyridine rings is 1. The molecule has 1 saturated heterocycles. The molecule has 0 aliphatic carbocycles. The van der Waals surface area contributed by atoms with Crippen molar-refractivity contribution in [3.8, 4) is 22.8 Å². The molecule has 2 heterocycles. The van der Waals surface area contributed by atoms with Gasteiger partial charge in [0.25, 0.3) is 0 Å². The van der Waals surface area contributed by atoms with Crippen molar-refractivity contribution >= 4 is 7.12 Å². The average molecular weight is 317 g/mol. The van der Waals surface area contributed by atoms with Gasteiger partial charge in [-0.3, -0.25) is 4.98 Å². The zero-order valence-corrected chi connectivity index (χ0v) is 13.0. The number of methoxy groups -OCH3 is 2. The van der Waals surface area contributed by atoms with Crippen LogP contribution >= 0.6 is 0 Å². The van der Waals surface area contributed by atoms with Crippen LogP contribution in [0.5, 0.6) is 11.5 Å². The first-order chi connectivity index (χ1) is 11.1. The van der Waals surface area contributed by atoms with E-state index in [1.807, 2.05) is 12.1 Å². The smallest absolute Gasteiger partial charge is 0.454 e. The second-order valence-corrected chi connectivity index (χ2v) is 5.33. The summed E-state index contributed by atoms with van der Waals surface area (Å²) in [7, 11) is 2.09. The molecule has 23 heavy (non-hydrogen) atoms. The van der Waals surface area contributed by atoms with E-state index in [1.54, 1.807) is 18.2 Å². The van der Waals surface area contributed by atoms with Gasteiger partial charge in [0.05, 0.1) is 19.9 Å². The molecule has 0 bridgehead atoms. The summed E-state index contributed by atoms with van der Waals surface area (Å²) in [6, 6.07) is 8.67. The summed E-state index contributed by atoms with van der Waals surface area (Å²) in [6.45, 7) is 0.409. The van der Waals surface area contributed by atoms with E-state index in [9.17, 15) is 9.41 Å². The minimum Gasteiger partial charge on any atom is -0.493 e. The molecule has 7 heteroatoms. The third kappa shape index (κ3) is 3.02. The predicted octanol–water partition coefficient (Wildman–Crippen LogP) is 2.50. The molecule has 5 nitrogen and oxygen atoms in total. The number of ether oxygens (including phenoxy) is 2. The fourth-order valence-corrected chi connectivity index (χ4v) is 2.73. The number of hydrogen-bond acceptors (Lipinski definition) is 5. The normalized spacial score (nSPS) is 17.4. The zero-order valence-electron chi connectivity index (χ0n) is 13.0. The van der Waals surface area contributed by atoms with Gasteiger partial charge in [-0.25, -0.2) is 4.39 Å². The van der Waals surface area contributed by atoms with Crippen molar-refractivity contribution in [2.24, 2.45) is 0 Å². The maximum absolute atomic E-state index is 14.7. The van der Waals surface area contributed by atoms with E-state index in [-0.39, 0.29) is 11.7 Å². The summed E-state index contributed by atoms with van der Waals surface area (Å²) in [6.07, 6.45) is 0.491. The number of nitrogens with zero attached hydrogens (tertiary/aromatic N) is 1. The van der Waals surface area contributed by atoms with E-state index in [1.165, 1.54) is 14.2 Å². The van der Waals surface area contributed by atoms with Gasteiger partial charge >= 0.3 is 7.12 Å². The molecule has 3 rings (SSSR count). The molecule has 1 N–H and O–H groups in total. The largest absolute Gasteiger partial charge is 0.493 e. The molecule has 2 aromatic rings. The van der Waals surface area contributed by atoms with Crippen molar-refractivity contribution in [1.29, 1.82) is 0 Å². The molecule has 1 aromatic carbocycles. The van der Waals surface area contributed by atoms with Crippen molar-refractivity contribution in [2.75, 3.05) is 20.8 Å². The lowest BCUT2D eigenvalue weighted by Crippen LogP contribution is -2.08. The molecular formula is C16H17BFNO4. The Bertz CT molecular complexity index is 712.